The maximum Gasteiger partial charge on any atom is 0.274 e. The van der Waals surface area contributed by atoms with Crippen molar-refractivity contribution >= 4 is 48.8 Å². The number of nitro benzene ring substituents is 1. The van der Waals surface area contributed by atoms with Crippen LogP contribution in [-0.4, -0.2) is 30.9 Å². The summed E-state index contributed by atoms with van der Waals surface area (Å²) in [6.07, 6.45) is 0. The van der Waals surface area contributed by atoms with Gasteiger partial charge in [0, 0.05) is 23.7 Å². The Labute approximate surface area is 140 Å². The van der Waals surface area contributed by atoms with E-state index < -0.39 is 13.2 Å². The van der Waals surface area contributed by atoms with Crippen molar-refractivity contribution in [2.75, 3.05) is 17.6 Å². The molecule has 21 heavy (non-hydrogen) atoms. The number of rotatable bonds is 10. The van der Waals surface area contributed by atoms with Crippen molar-refractivity contribution in [3.05, 3.63) is 39.9 Å². The van der Waals surface area contributed by atoms with Crippen LogP contribution in [-0.2, 0) is 11.0 Å². The summed E-state index contributed by atoms with van der Waals surface area (Å²) in [6, 6.07) is 8.83. The van der Waals surface area contributed by atoms with E-state index in [1.807, 2.05) is 0 Å². The highest BCUT2D eigenvalue weighted by atomic mass is 35.5. The van der Waals surface area contributed by atoms with Crippen molar-refractivity contribution in [2.45, 2.75) is 24.7 Å². The highest BCUT2D eigenvalue weighted by Crippen LogP contribution is 2.28. The van der Waals surface area contributed by atoms with Crippen LogP contribution in [0.5, 0.6) is 0 Å². The number of nitro groups is 1. The molecule has 0 heterocycles. The summed E-state index contributed by atoms with van der Waals surface area (Å²) in [5, 5.41) is 11.0. The first-order chi connectivity index (χ1) is 10.1. The maximum absolute atomic E-state index is 11.0. The van der Waals surface area contributed by atoms with Crippen LogP contribution >= 0.6 is 34.8 Å². The molecule has 4 nitrogen and oxygen atoms in total. The lowest BCUT2D eigenvalue weighted by molar-refractivity contribution is -0.385. The lowest BCUT2D eigenvalue weighted by atomic mass is 10.2. The molecule has 0 radical (unpaired) electrons. The van der Waals surface area contributed by atoms with Gasteiger partial charge in [-0.1, -0.05) is 12.1 Å². The van der Waals surface area contributed by atoms with Gasteiger partial charge in [0.25, 0.3) is 5.69 Å². The second-order valence-electron chi connectivity index (χ2n) is 4.67. The maximum atomic E-state index is 11.0. The first kappa shape index (κ1) is 18.7. The van der Waals surface area contributed by atoms with Crippen LogP contribution in [0, 0.1) is 10.1 Å². The summed E-state index contributed by atoms with van der Waals surface area (Å²) in [7, 11) is -2.15. The van der Waals surface area contributed by atoms with Crippen LogP contribution < -0.4 is 0 Å². The van der Waals surface area contributed by atoms with Crippen molar-refractivity contribution in [1.82, 2.24) is 0 Å². The van der Waals surface area contributed by atoms with Crippen LogP contribution in [0.15, 0.2) is 24.3 Å². The van der Waals surface area contributed by atoms with E-state index in [-0.39, 0.29) is 12.3 Å². The van der Waals surface area contributed by atoms with Gasteiger partial charge in [0.15, 0.2) is 8.32 Å². The molecular formula is C13H18Cl3NO3Si. The Morgan fingerprint density at radius 2 is 1.57 bits per heavy atom. The fourth-order valence-electron chi connectivity index (χ4n) is 2.15. The number of halogens is 3. The summed E-state index contributed by atoms with van der Waals surface area (Å²) in [5.41, 5.74) is 0.640. The molecule has 0 spiro atoms. The number of benzene rings is 1. The molecule has 1 aromatic rings. The van der Waals surface area contributed by atoms with Crippen LogP contribution in [0.25, 0.3) is 0 Å². The smallest absolute Gasteiger partial charge is 0.274 e. The van der Waals surface area contributed by atoms with E-state index in [1.54, 1.807) is 18.2 Å². The van der Waals surface area contributed by atoms with Gasteiger partial charge in [-0.25, -0.2) is 0 Å². The molecule has 0 saturated carbocycles. The van der Waals surface area contributed by atoms with E-state index in [0.717, 1.165) is 18.1 Å². The summed E-state index contributed by atoms with van der Waals surface area (Å²) in [6.45, 7) is 0.202. The quantitative estimate of drug-likeness (QED) is 0.258. The Kier molecular flexibility index (Phi) is 8.59. The number of alkyl halides is 3. The Morgan fingerprint density at radius 3 is 2.05 bits per heavy atom. The van der Waals surface area contributed by atoms with E-state index >= 15 is 0 Å². The van der Waals surface area contributed by atoms with Gasteiger partial charge in [-0.3, -0.25) is 10.1 Å². The third-order valence-electron chi connectivity index (χ3n) is 3.37. The average molecular weight is 371 g/mol. The molecule has 0 unspecified atom stereocenters. The van der Waals surface area contributed by atoms with Gasteiger partial charge in [0.2, 0.25) is 0 Å². The molecule has 0 atom stereocenters. The summed E-state index contributed by atoms with van der Waals surface area (Å²) in [4.78, 5) is 10.6. The fraction of sp³-hybridized carbons (Fsp3) is 0.538. The van der Waals surface area contributed by atoms with Gasteiger partial charge in [-0.05, 0) is 24.2 Å². The third kappa shape index (κ3) is 5.75. The highest BCUT2D eigenvalue weighted by Gasteiger charge is 2.34. The molecule has 0 saturated heterocycles. The van der Waals surface area contributed by atoms with Crippen LogP contribution in [0.4, 0.5) is 5.69 Å². The molecule has 8 heteroatoms. The molecular weight excluding hydrogens is 353 g/mol. The lowest BCUT2D eigenvalue weighted by Gasteiger charge is -2.30. The molecule has 0 aliphatic carbocycles. The SMILES string of the molecule is O=[N+]([O-])c1ccccc1CO[Si](CCCl)(CCCl)CCCl. The van der Waals surface area contributed by atoms with Crippen LogP contribution in [0.1, 0.15) is 5.56 Å². The highest BCUT2D eigenvalue weighted by molar-refractivity contribution is 6.75. The minimum absolute atomic E-state index is 0.0722. The van der Waals surface area contributed by atoms with E-state index in [2.05, 4.69) is 0 Å². The third-order valence-corrected chi connectivity index (χ3v) is 9.13. The van der Waals surface area contributed by atoms with Crippen LogP contribution in [0.3, 0.4) is 0 Å². The second kappa shape index (κ2) is 9.64. The summed E-state index contributed by atoms with van der Waals surface area (Å²) >= 11 is 17.6. The Bertz CT molecular complexity index is 445. The van der Waals surface area contributed by atoms with Crippen molar-refractivity contribution < 1.29 is 9.35 Å². The molecule has 0 N–H and O–H groups in total. The largest absolute Gasteiger partial charge is 0.412 e. The number of para-hydroxylation sites is 1. The van der Waals surface area contributed by atoms with Crippen molar-refractivity contribution in [3.63, 3.8) is 0 Å². The number of nitrogens with zero attached hydrogens (tertiary/aromatic N) is 1. The zero-order valence-corrected chi connectivity index (χ0v) is 14.8. The molecule has 0 aliphatic rings. The average Bonchev–Trinajstić information content (AvgIpc) is 2.46. The minimum Gasteiger partial charge on any atom is -0.412 e. The first-order valence-corrected chi connectivity index (χ1v) is 10.8. The van der Waals surface area contributed by atoms with Gasteiger partial charge in [0.1, 0.15) is 0 Å². The molecule has 1 rings (SSSR count). The van der Waals surface area contributed by atoms with Crippen molar-refractivity contribution in [1.29, 1.82) is 0 Å². The Morgan fingerprint density at radius 1 is 1.05 bits per heavy atom. The van der Waals surface area contributed by atoms with E-state index in [0.29, 0.717) is 23.2 Å². The molecule has 0 aromatic heterocycles. The lowest BCUT2D eigenvalue weighted by Crippen LogP contribution is -2.39. The predicted molar refractivity (Wildman–Crippen MR) is 90.2 cm³/mol. The topological polar surface area (TPSA) is 52.4 Å². The van der Waals surface area contributed by atoms with Gasteiger partial charge < -0.3 is 4.43 Å². The predicted octanol–water partition coefficient (Wildman–Crippen LogP) is 4.77. The Hall–Kier alpha value is -0.333. The second-order valence-corrected chi connectivity index (χ2v) is 9.96. The monoisotopic (exact) mass is 369 g/mol. The van der Waals surface area contributed by atoms with E-state index in [4.69, 9.17) is 39.2 Å². The van der Waals surface area contributed by atoms with E-state index in [1.165, 1.54) is 6.07 Å². The minimum atomic E-state index is -2.15. The van der Waals surface area contributed by atoms with Gasteiger partial charge >= 0.3 is 0 Å². The summed E-state index contributed by atoms with van der Waals surface area (Å²) in [5.74, 6) is 1.45. The molecule has 118 valence electrons. The standard InChI is InChI=1S/C13H18Cl3NO3Si/c14-5-8-21(9-6-15,10-7-16)20-11-12-3-1-2-4-13(12)17(18)19/h1-4H,5-11H2. The van der Waals surface area contributed by atoms with E-state index in [9.17, 15) is 10.1 Å². The molecule has 1 aromatic carbocycles. The Balaban J connectivity index is 2.87. The van der Waals surface area contributed by atoms with Gasteiger partial charge in [0.05, 0.1) is 17.1 Å². The normalized spacial score (nSPS) is 11.6. The molecule has 0 aliphatic heterocycles. The van der Waals surface area contributed by atoms with Gasteiger partial charge in [-0.2, -0.15) is 0 Å². The number of hydrogen-bond acceptors (Lipinski definition) is 3. The fourth-order valence-corrected chi connectivity index (χ4v) is 7.93. The zero-order valence-electron chi connectivity index (χ0n) is 11.6. The molecule has 0 bridgehead atoms. The zero-order chi connectivity index (χ0) is 15.7. The van der Waals surface area contributed by atoms with Crippen LogP contribution in [0.2, 0.25) is 18.1 Å². The molecule has 0 fully saturated rings. The van der Waals surface area contributed by atoms with Crippen molar-refractivity contribution in [2.24, 2.45) is 0 Å². The number of hydrogen-bond donors (Lipinski definition) is 0. The van der Waals surface area contributed by atoms with Crippen molar-refractivity contribution in [3.8, 4) is 0 Å². The van der Waals surface area contributed by atoms with Gasteiger partial charge in [-0.15, -0.1) is 34.8 Å². The molecule has 0 amide bonds. The summed E-state index contributed by atoms with van der Waals surface area (Å²) < 4.78 is 6.11. The first-order valence-electron chi connectivity index (χ1n) is 6.62.